The summed E-state index contributed by atoms with van der Waals surface area (Å²) in [6.07, 6.45) is 6.43. The Morgan fingerprint density at radius 1 is 1.19 bits per heavy atom. The highest BCUT2D eigenvalue weighted by atomic mass is 16.5. The van der Waals surface area contributed by atoms with E-state index in [1.54, 1.807) is 13.3 Å². The maximum absolute atomic E-state index is 6.29. The first-order valence-corrected chi connectivity index (χ1v) is 11.3. The number of allylic oxidation sites excluding steroid dienone is 1. The molecule has 0 bridgehead atoms. The van der Waals surface area contributed by atoms with Crippen LogP contribution < -0.4 is 19.1 Å². The molecule has 5 heteroatoms. The molecule has 5 nitrogen and oxygen atoms in total. The third kappa shape index (κ3) is 5.52. The normalized spacial score (nSPS) is 19.2. The summed E-state index contributed by atoms with van der Waals surface area (Å²) in [6, 6.07) is 10.5. The van der Waals surface area contributed by atoms with Gasteiger partial charge in [-0.2, -0.15) is 0 Å². The highest BCUT2D eigenvalue weighted by molar-refractivity contribution is 5.63. The number of nitrogens with zero attached hydrogens (tertiary/aromatic N) is 2. The number of aromatic nitrogens is 1. The van der Waals surface area contributed by atoms with Crippen molar-refractivity contribution in [3.63, 3.8) is 0 Å². The molecular formula is C26H34N2O3. The number of pyridine rings is 1. The first-order chi connectivity index (χ1) is 15.0. The molecule has 31 heavy (non-hydrogen) atoms. The van der Waals surface area contributed by atoms with Crippen LogP contribution in [-0.2, 0) is 0 Å². The molecule has 2 atom stereocenters. The molecule has 1 aromatic heterocycles. The van der Waals surface area contributed by atoms with Gasteiger partial charge in [0.1, 0.15) is 11.9 Å². The first kappa shape index (κ1) is 21.5. The van der Waals surface area contributed by atoms with Crippen LogP contribution in [0.15, 0.2) is 48.7 Å². The van der Waals surface area contributed by atoms with Gasteiger partial charge in [0.15, 0.2) is 0 Å². The van der Waals surface area contributed by atoms with E-state index in [1.807, 2.05) is 6.07 Å². The third-order valence-electron chi connectivity index (χ3n) is 6.10. The van der Waals surface area contributed by atoms with Gasteiger partial charge >= 0.3 is 0 Å². The van der Waals surface area contributed by atoms with E-state index >= 15 is 0 Å². The lowest BCUT2D eigenvalue weighted by Gasteiger charge is -2.22. The second-order valence-corrected chi connectivity index (χ2v) is 9.03. The Labute approximate surface area is 186 Å². The molecule has 4 rings (SSSR count). The van der Waals surface area contributed by atoms with Gasteiger partial charge in [-0.1, -0.05) is 24.6 Å². The molecule has 166 valence electrons. The molecule has 1 saturated carbocycles. The van der Waals surface area contributed by atoms with E-state index in [0.717, 1.165) is 49.7 Å². The molecule has 1 aliphatic heterocycles. The molecule has 2 heterocycles. The first-order valence-electron chi connectivity index (χ1n) is 11.3. The summed E-state index contributed by atoms with van der Waals surface area (Å²) in [7, 11) is 1.69. The van der Waals surface area contributed by atoms with Crippen molar-refractivity contribution in [3.05, 3.63) is 54.2 Å². The minimum absolute atomic E-state index is 0.146. The van der Waals surface area contributed by atoms with E-state index in [-0.39, 0.29) is 6.10 Å². The number of rotatable bonds is 10. The molecule has 2 aliphatic rings. The predicted octanol–water partition coefficient (Wildman–Crippen LogP) is 5.61. The van der Waals surface area contributed by atoms with Gasteiger partial charge in [0.05, 0.1) is 25.9 Å². The minimum atomic E-state index is 0.146. The Balaban J connectivity index is 1.37. The Morgan fingerprint density at radius 2 is 1.97 bits per heavy atom. The average Bonchev–Trinajstić information content (AvgIpc) is 3.48. The van der Waals surface area contributed by atoms with Crippen LogP contribution in [-0.4, -0.2) is 37.9 Å². The molecule has 2 fully saturated rings. The number of methoxy groups -OCH3 is 1. The van der Waals surface area contributed by atoms with Crippen molar-refractivity contribution in [1.29, 1.82) is 0 Å². The fourth-order valence-electron chi connectivity index (χ4n) is 4.20. The lowest BCUT2D eigenvalue weighted by molar-refractivity contribution is 0.224. The maximum atomic E-state index is 6.29. The number of hydrogen-bond acceptors (Lipinski definition) is 5. The Bertz CT molecular complexity index is 892. The summed E-state index contributed by atoms with van der Waals surface area (Å²) >= 11 is 0. The highest BCUT2D eigenvalue weighted by Crippen LogP contribution is 2.39. The number of anilines is 1. The van der Waals surface area contributed by atoms with Crippen molar-refractivity contribution < 1.29 is 14.2 Å². The maximum Gasteiger partial charge on any atom is 0.259 e. The number of hydrogen-bond donors (Lipinski definition) is 0. The Kier molecular flexibility index (Phi) is 6.69. The van der Waals surface area contributed by atoms with Crippen molar-refractivity contribution >= 4 is 5.69 Å². The fraction of sp³-hybridized carbons (Fsp3) is 0.500. The molecular weight excluding hydrogens is 388 g/mol. The molecule has 0 radical (unpaired) electrons. The van der Waals surface area contributed by atoms with Crippen molar-refractivity contribution in [1.82, 2.24) is 4.98 Å². The standard InChI is InChI=1S/C26H34N2O3/c1-18(2)15-19(3)21-7-9-22(10-8-21)31-23-12-14-28(16-23)24-11-13-27-26(25(24)29-4)30-17-20-5-6-20/h7-11,13,19-20,23H,1,5-6,12,14-17H2,2-4H3/t19-,23-/m1/s1. The van der Waals surface area contributed by atoms with Crippen LogP contribution in [0.3, 0.4) is 0 Å². The van der Waals surface area contributed by atoms with E-state index < -0.39 is 0 Å². The van der Waals surface area contributed by atoms with Gasteiger partial charge in [0.25, 0.3) is 5.88 Å². The number of ether oxygens (including phenoxy) is 3. The highest BCUT2D eigenvalue weighted by Gasteiger charge is 2.29. The van der Waals surface area contributed by atoms with Crippen LogP contribution in [0.4, 0.5) is 5.69 Å². The van der Waals surface area contributed by atoms with Gasteiger partial charge in [0.2, 0.25) is 5.75 Å². The van der Waals surface area contributed by atoms with E-state index in [4.69, 9.17) is 14.2 Å². The molecule has 2 aromatic rings. The third-order valence-corrected chi connectivity index (χ3v) is 6.10. The van der Waals surface area contributed by atoms with Crippen LogP contribution in [0.25, 0.3) is 0 Å². The number of benzene rings is 1. The zero-order valence-corrected chi connectivity index (χ0v) is 19.0. The predicted molar refractivity (Wildman–Crippen MR) is 125 cm³/mol. The van der Waals surface area contributed by atoms with Crippen molar-refractivity contribution in [2.24, 2.45) is 5.92 Å². The van der Waals surface area contributed by atoms with E-state index in [2.05, 4.69) is 54.6 Å². The van der Waals surface area contributed by atoms with Gasteiger partial charge in [-0.05, 0) is 61.8 Å². The van der Waals surface area contributed by atoms with E-state index in [1.165, 1.54) is 24.0 Å². The lowest BCUT2D eigenvalue weighted by Crippen LogP contribution is -2.25. The second kappa shape index (κ2) is 9.63. The summed E-state index contributed by atoms with van der Waals surface area (Å²) in [5.74, 6) is 3.39. The molecule has 0 unspecified atom stereocenters. The van der Waals surface area contributed by atoms with Crippen LogP contribution in [0.5, 0.6) is 17.4 Å². The quantitative estimate of drug-likeness (QED) is 0.466. The Hall–Kier alpha value is -2.69. The summed E-state index contributed by atoms with van der Waals surface area (Å²) in [4.78, 5) is 6.70. The largest absolute Gasteiger partial charge is 0.490 e. The summed E-state index contributed by atoms with van der Waals surface area (Å²) < 4.78 is 17.9. The van der Waals surface area contributed by atoms with Gasteiger partial charge in [-0.15, -0.1) is 6.58 Å². The van der Waals surface area contributed by atoms with Crippen molar-refractivity contribution in [3.8, 4) is 17.4 Å². The van der Waals surface area contributed by atoms with Crippen LogP contribution >= 0.6 is 0 Å². The molecule has 1 saturated heterocycles. The van der Waals surface area contributed by atoms with Gasteiger partial charge in [0, 0.05) is 19.2 Å². The fourth-order valence-corrected chi connectivity index (χ4v) is 4.20. The van der Waals surface area contributed by atoms with Crippen LogP contribution in [0.2, 0.25) is 0 Å². The average molecular weight is 423 g/mol. The van der Waals surface area contributed by atoms with Gasteiger partial charge in [-0.3, -0.25) is 0 Å². The summed E-state index contributed by atoms with van der Waals surface area (Å²) in [5.41, 5.74) is 3.56. The topological polar surface area (TPSA) is 43.8 Å². The van der Waals surface area contributed by atoms with Crippen molar-refractivity contribution in [2.75, 3.05) is 31.7 Å². The lowest BCUT2D eigenvalue weighted by atomic mass is 9.95. The molecule has 1 aromatic carbocycles. The van der Waals surface area contributed by atoms with Crippen LogP contribution in [0.1, 0.15) is 51.0 Å². The van der Waals surface area contributed by atoms with Gasteiger partial charge in [-0.25, -0.2) is 4.98 Å². The molecule has 0 N–H and O–H groups in total. The second-order valence-electron chi connectivity index (χ2n) is 9.03. The van der Waals surface area contributed by atoms with Crippen LogP contribution in [0, 0.1) is 5.92 Å². The summed E-state index contributed by atoms with van der Waals surface area (Å²) in [5, 5.41) is 0. The molecule has 0 spiro atoms. The minimum Gasteiger partial charge on any atom is -0.490 e. The molecule has 1 aliphatic carbocycles. The van der Waals surface area contributed by atoms with Crippen molar-refractivity contribution in [2.45, 2.75) is 51.6 Å². The zero-order chi connectivity index (χ0) is 21.8. The van der Waals surface area contributed by atoms with E-state index in [0.29, 0.717) is 17.7 Å². The van der Waals surface area contributed by atoms with Gasteiger partial charge < -0.3 is 19.1 Å². The smallest absolute Gasteiger partial charge is 0.259 e. The monoisotopic (exact) mass is 422 g/mol. The Morgan fingerprint density at radius 3 is 2.65 bits per heavy atom. The van der Waals surface area contributed by atoms with E-state index in [9.17, 15) is 0 Å². The molecule has 0 amide bonds. The zero-order valence-electron chi connectivity index (χ0n) is 19.0. The SMILES string of the molecule is C=C(C)C[C@@H](C)c1ccc(O[C@@H]2CCN(c3ccnc(OCC4CC4)c3OC)C2)cc1. The summed E-state index contributed by atoms with van der Waals surface area (Å²) in [6.45, 7) is 10.8.